The quantitative estimate of drug-likeness (QED) is 0.850. The molecule has 1 aromatic heterocycles. The van der Waals surface area contributed by atoms with Crippen molar-refractivity contribution < 1.29 is 0 Å². The summed E-state index contributed by atoms with van der Waals surface area (Å²) in [6.45, 7) is 0.906. The average Bonchev–Trinajstić information content (AvgIpc) is 2.73. The van der Waals surface area contributed by atoms with E-state index in [0.717, 1.165) is 6.54 Å². The van der Waals surface area contributed by atoms with Crippen molar-refractivity contribution in [2.45, 2.75) is 6.42 Å². The predicted molar refractivity (Wildman–Crippen MR) is 65.4 cm³/mol. The van der Waals surface area contributed by atoms with E-state index in [1.54, 1.807) is 0 Å². The zero-order valence-corrected chi connectivity index (χ0v) is 9.81. The second-order valence-corrected chi connectivity index (χ2v) is 5.06. The number of nitrogens with zero attached hydrogens (tertiary/aromatic N) is 2. The number of nitrogen functional groups attached to an aromatic ring is 1. The van der Waals surface area contributed by atoms with Crippen molar-refractivity contribution in [3.05, 3.63) is 11.3 Å². The second-order valence-electron chi connectivity index (χ2n) is 3.53. The monoisotopic (exact) mass is 244 g/mol. The molecule has 1 aromatic rings. The fraction of sp³-hybridized carbons (Fsp3) is 0.556. The van der Waals surface area contributed by atoms with Crippen molar-refractivity contribution in [1.82, 2.24) is 9.97 Å². The Bertz CT molecular complexity index is 341. The minimum Gasteiger partial charge on any atom is -0.382 e. The Hall–Kier alpha value is -0.680. The fourth-order valence-electron chi connectivity index (χ4n) is 1.49. The van der Waals surface area contributed by atoms with Gasteiger partial charge in [-0.05, 0) is 23.8 Å². The van der Waals surface area contributed by atoms with E-state index in [4.69, 9.17) is 17.3 Å². The van der Waals surface area contributed by atoms with Gasteiger partial charge in [-0.15, -0.1) is 0 Å². The predicted octanol–water partition coefficient (Wildman–Crippen LogP) is 1.88. The molecule has 2 rings (SSSR count). The van der Waals surface area contributed by atoms with E-state index < -0.39 is 0 Å². The SMILES string of the molecule is Nc1ncnc(NCC2CCSC2)c1Cl. The highest BCUT2D eigenvalue weighted by atomic mass is 35.5. The molecule has 0 bridgehead atoms. The van der Waals surface area contributed by atoms with Crippen LogP contribution in [0.5, 0.6) is 0 Å². The first kappa shape index (κ1) is 10.8. The van der Waals surface area contributed by atoms with Crippen molar-refractivity contribution in [3.63, 3.8) is 0 Å². The van der Waals surface area contributed by atoms with Gasteiger partial charge in [0.15, 0.2) is 0 Å². The summed E-state index contributed by atoms with van der Waals surface area (Å²) in [5, 5.41) is 3.64. The summed E-state index contributed by atoms with van der Waals surface area (Å²) in [4.78, 5) is 7.87. The third-order valence-electron chi connectivity index (χ3n) is 2.40. The molecule has 4 nitrogen and oxygen atoms in total. The summed E-state index contributed by atoms with van der Waals surface area (Å²) in [6, 6.07) is 0. The van der Waals surface area contributed by atoms with Crippen LogP contribution in [0.1, 0.15) is 6.42 Å². The second kappa shape index (κ2) is 4.90. The highest BCUT2D eigenvalue weighted by Gasteiger charge is 2.16. The first-order valence-corrected chi connectivity index (χ1v) is 6.38. The van der Waals surface area contributed by atoms with E-state index in [0.29, 0.717) is 22.6 Å². The van der Waals surface area contributed by atoms with Crippen LogP contribution < -0.4 is 11.1 Å². The van der Waals surface area contributed by atoms with Gasteiger partial charge in [0.05, 0.1) is 0 Å². The first-order chi connectivity index (χ1) is 7.27. The number of hydrogen-bond donors (Lipinski definition) is 2. The third kappa shape index (κ3) is 2.66. The third-order valence-corrected chi connectivity index (χ3v) is 4.00. The summed E-state index contributed by atoms with van der Waals surface area (Å²) >= 11 is 7.96. The largest absolute Gasteiger partial charge is 0.382 e. The van der Waals surface area contributed by atoms with E-state index in [-0.39, 0.29) is 0 Å². The van der Waals surface area contributed by atoms with E-state index in [2.05, 4.69) is 15.3 Å². The van der Waals surface area contributed by atoms with Gasteiger partial charge in [0.2, 0.25) is 0 Å². The van der Waals surface area contributed by atoms with E-state index in [9.17, 15) is 0 Å². The van der Waals surface area contributed by atoms with E-state index in [1.807, 2.05) is 11.8 Å². The lowest BCUT2D eigenvalue weighted by molar-refractivity contribution is 0.630. The Morgan fingerprint density at radius 1 is 1.60 bits per heavy atom. The number of rotatable bonds is 3. The van der Waals surface area contributed by atoms with Crippen LogP contribution in [0.4, 0.5) is 11.6 Å². The Balaban J connectivity index is 1.95. The number of nitrogens with one attached hydrogen (secondary N) is 1. The summed E-state index contributed by atoms with van der Waals surface area (Å²) in [7, 11) is 0. The lowest BCUT2D eigenvalue weighted by atomic mass is 10.1. The van der Waals surface area contributed by atoms with Gasteiger partial charge < -0.3 is 11.1 Å². The highest BCUT2D eigenvalue weighted by molar-refractivity contribution is 7.99. The van der Waals surface area contributed by atoms with Gasteiger partial charge in [0.1, 0.15) is 23.0 Å². The molecule has 1 saturated heterocycles. The Morgan fingerprint density at radius 3 is 3.20 bits per heavy atom. The van der Waals surface area contributed by atoms with E-state index in [1.165, 1.54) is 24.3 Å². The molecule has 0 spiro atoms. The normalized spacial score (nSPS) is 20.5. The van der Waals surface area contributed by atoms with Gasteiger partial charge in [-0.3, -0.25) is 0 Å². The molecule has 1 unspecified atom stereocenters. The number of halogens is 1. The van der Waals surface area contributed by atoms with Crippen molar-refractivity contribution in [2.24, 2.45) is 5.92 Å². The van der Waals surface area contributed by atoms with Crippen molar-refractivity contribution in [3.8, 4) is 0 Å². The van der Waals surface area contributed by atoms with Crippen LogP contribution >= 0.6 is 23.4 Å². The molecular formula is C9H13ClN4S. The van der Waals surface area contributed by atoms with Crippen LogP contribution in [0.2, 0.25) is 5.02 Å². The van der Waals surface area contributed by atoms with Gasteiger partial charge in [-0.2, -0.15) is 11.8 Å². The summed E-state index contributed by atoms with van der Waals surface area (Å²) in [5.41, 5.74) is 5.58. The van der Waals surface area contributed by atoms with Gasteiger partial charge in [0.25, 0.3) is 0 Å². The van der Waals surface area contributed by atoms with Crippen molar-refractivity contribution in [1.29, 1.82) is 0 Å². The molecule has 1 aliphatic rings. The molecule has 0 amide bonds. The molecule has 0 aromatic carbocycles. The number of thioether (sulfide) groups is 1. The van der Waals surface area contributed by atoms with Gasteiger partial charge >= 0.3 is 0 Å². The highest BCUT2D eigenvalue weighted by Crippen LogP contribution is 2.26. The molecule has 15 heavy (non-hydrogen) atoms. The summed E-state index contributed by atoms with van der Waals surface area (Å²) in [6.07, 6.45) is 2.68. The average molecular weight is 245 g/mol. The molecule has 0 aliphatic carbocycles. The maximum atomic E-state index is 5.96. The van der Waals surface area contributed by atoms with Crippen LogP contribution in [0, 0.1) is 5.92 Å². The van der Waals surface area contributed by atoms with Gasteiger partial charge in [-0.1, -0.05) is 11.6 Å². The maximum absolute atomic E-state index is 5.96. The van der Waals surface area contributed by atoms with Crippen molar-refractivity contribution in [2.75, 3.05) is 29.1 Å². The van der Waals surface area contributed by atoms with Crippen LogP contribution in [-0.4, -0.2) is 28.0 Å². The molecule has 3 N–H and O–H groups in total. The van der Waals surface area contributed by atoms with Crippen LogP contribution in [0.15, 0.2) is 6.33 Å². The fourth-order valence-corrected chi connectivity index (χ4v) is 2.94. The number of anilines is 2. The first-order valence-electron chi connectivity index (χ1n) is 4.85. The molecule has 1 fully saturated rings. The van der Waals surface area contributed by atoms with Crippen molar-refractivity contribution >= 4 is 35.0 Å². The Morgan fingerprint density at radius 2 is 2.47 bits per heavy atom. The summed E-state index contributed by atoms with van der Waals surface area (Å²) < 4.78 is 0. The molecule has 2 heterocycles. The Labute approximate surface area is 98.0 Å². The minimum absolute atomic E-state index is 0.329. The van der Waals surface area contributed by atoms with Gasteiger partial charge in [0, 0.05) is 6.54 Å². The summed E-state index contributed by atoms with van der Waals surface area (Å²) in [5.74, 6) is 4.15. The van der Waals surface area contributed by atoms with E-state index >= 15 is 0 Å². The van der Waals surface area contributed by atoms with Crippen LogP contribution in [0.25, 0.3) is 0 Å². The molecule has 0 radical (unpaired) electrons. The molecule has 82 valence electrons. The smallest absolute Gasteiger partial charge is 0.150 e. The maximum Gasteiger partial charge on any atom is 0.150 e. The molecule has 1 aliphatic heterocycles. The van der Waals surface area contributed by atoms with Gasteiger partial charge in [-0.25, -0.2) is 9.97 Å². The number of aromatic nitrogens is 2. The number of nitrogens with two attached hydrogens (primary N) is 1. The zero-order valence-electron chi connectivity index (χ0n) is 8.24. The number of hydrogen-bond acceptors (Lipinski definition) is 5. The molecule has 1 atom stereocenters. The van der Waals surface area contributed by atoms with Crippen LogP contribution in [-0.2, 0) is 0 Å². The lowest BCUT2D eigenvalue weighted by Crippen LogP contribution is -2.15. The molecule has 0 saturated carbocycles. The minimum atomic E-state index is 0.329. The molecule has 6 heteroatoms. The molecular weight excluding hydrogens is 232 g/mol. The topological polar surface area (TPSA) is 63.8 Å². The van der Waals surface area contributed by atoms with Crippen LogP contribution in [0.3, 0.4) is 0 Å². The Kier molecular flexibility index (Phi) is 3.53. The zero-order chi connectivity index (χ0) is 10.7. The lowest BCUT2D eigenvalue weighted by Gasteiger charge is -2.11. The standard InChI is InChI=1S/C9H13ClN4S/c10-7-8(11)13-5-14-9(7)12-3-6-1-2-15-4-6/h5-6H,1-4H2,(H3,11,12,13,14).